The number of amides is 2. The van der Waals surface area contributed by atoms with Crippen LogP contribution in [0.2, 0.25) is 0 Å². The van der Waals surface area contributed by atoms with Gasteiger partial charge in [0.25, 0.3) is 0 Å². The zero-order valence-corrected chi connectivity index (χ0v) is 15.2. The van der Waals surface area contributed by atoms with Crippen LogP contribution in [0.1, 0.15) is 43.2 Å². The monoisotopic (exact) mass is 361 g/mol. The van der Waals surface area contributed by atoms with Gasteiger partial charge in [0, 0.05) is 35.6 Å². The minimum atomic E-state index is -0.0302. The van der Waals surface area contributed by atoms with Crippen LogP contribution in [-0.2, 0) is 21.4 Å². The van der Waals surface area contributed by atoms with Crippen molar-refractivity contribution in [2.75, 3.05) is 10.6 Å². The molecule has 138 valence electrons. The Morgan fingerprint density at radius 3 is 2.85 bits per heavy atom. The molecule has 2 heterocycles. The molecule has 0 radical (unpaired) electrons. The normalized spacial score (nSPS) is 28.5. The van der Waals surface area contributed by atoms with Gasteiger partial charge in [-0.2, -0.15) is 0 Å². The SMILES string of the molecule is O=C1CCCc2ccc(NC(=O)C3C4CCC3(c3ccncc3)C4)cc2N1. The minimum absolute atomic E-state index is 0.0216. The number of hydrogen-bond acceptors (Lipinski definition) is 3. The van der Waals surface area contributed by atoms with Crippen LogP contribution in [0.15, 0.2) is 42.7 Å². The molecule has 5 heteroatoms. The lowest BCUT2D eigenvalue weighted by molar-refractivity contribution is -0.127. The van der Waals surface area contributed by atoms with Crippen LogP contribution >= 0.6 is 0 Å². The zero-order valence-electron chi connectivity index (χ0n) is 15.2. The Hall–Kier alpha value is -2.69. The summed E-state index contributed by atoms with van der Waals surface area (Å²) in [4.78, 5) is 29.1. The van der Waals surface area contributed by atoms with Crippen LogP contribution in [0.25, 0.3) is 0 Å². The minimum Gasteiger partial charge on any atom is -0.326 e. The van der Waals surface area contributed by atoms with Gasteiger partial charge in [-0.15, -0.1) is 0 Å². The van der Waals surface area contributed by atoms with Gasteiger partial charge in [-0.3, -0.25) is 14.6 Å². The maximum absolute atomic E-state index is 13.1. The molecule has 0 saturated heterocycles. The lowest BCUT2D eigenvalue weighted by Crippen LogP contribution is -2.50. The highest BCUT2D eigenvalue weighted by molar-refractivity contribution is 5.97. The first-order chi connectivity index (χ1) is 13.2. The van der Waals surface area contributed by atoms with Gasteiger partial charge in [-0.05, 0) is 73.4 Å². The summed E-state index contributed by atoms with van der Waals surface area (Å²) in [5, 5.41) is 6.08. The standard InChI is InChI=1S/C22H23N3O2/c26-19-3-1-2-14-4-5-17(12-18(14)25-19)24-21(27)20-15-6-9-22(20,13-15)16-7-10-23-11-8-16/h4-5,7-8,10-12,15,20H,1-3,6,9,13H2,(H,24,27)(H,25,26). The number of carbonyl (C=O) groups is 2. The molecule has 2 amide bonds. The van der Waals surface area contributed by atoms with E-state index in [9.17, 15) is 9.59 Å². The molecule has 2 aromatic rings. The number of fused-ring (bicyclic) bond motifs is 2. The maximum atomic E-state index is 13.1. The van der Waals surface area contributed by atoms with Crippen molar-refractivity contribution in [2.24, 2.45) is 11.8 Å². The topological polar surface area (TPSA) is 71.1 Å². The fourth-order valence-corrected chi connectivity index (χ4v) is 5.42. The molecule has 5 nitrogen and oxygen atoms in total. The van der Waals surface area contributed by atoms with Crippen molar-refractivity contribution < 1.29 is 9.59 Å². The summed E-state index contributed by atoms with van der Waals surface area (Å²) in [7, 11) is 0. The van der Waals surface area contributed by atoms with Gasteiger partial charge in [0.15, 0.2) is 0 Å². The third-order valence-electron chi connectivity index (χ3n) is 6.69. The number of aryl methyl sites for hydroxylation is 1. The molecule has 3 unspecified atom stereocenters. The van der Waals surface area contributed by atoms with Crippen molar-refractivity contribution in [1.82, 2.24) is 4.98 Å². The van der Waals surface area contributed by atoms with Gasteiger partial charge in [-0.1, -0.05) is 6.07 Å². The van der Waals surface area contributed by atoms with E-state index >= 15 is 0 Å². The van der Waals surface area contributed by atoms with Crippen molar-refractivity contribution in [3.8, 4) is 0 Å². The Morgan fingerprint density at radius 1 is 1.19 bits per heavy atom. The van der Waals surface area contributed by atoms with Gasteiger partial charge in [-0.25, -0.2) is 0 Å². The lowest BCUT2D eigenvalue weighted by Gasteiger charge is -2.46. The number of anilines is 2. The average molecular weight is 361 g/mol. The Balaban J connectivity index is 1.38. The van der Waals surface area contributed by atoms with Crippen LogP contribution in [0.4, 0.5) is 11.4 Å². The number of nitrogens with one attached hydrogen (secondary N) is 2. The molecule has 1 aromatic carbocycles. The summed E-state index contributed by atoms with van der Waals surface area (Å²) in [5.74, 6) is 0.637. The highest BCUT2D eigenvalue weighted by Crippen LogP contribution is 2.64. The number of hydrogen-bond donors (Lipinski definition) is 2. The quantitative estimate of drug-likeness (QED) is 0.876. The van der Waals surface area contributed by atoms with Gasteiger partial charge < -0.3 is 10.6 Å². The molecular weight excluding hydrogens is 338 g/mol. The second kappa shape index (κ2) is 6.19. The number of pyridine rings is 1. The van der Waals surface area contributed by atoms with Gasteiger partial charge in [0.1, 0.15) is 0 Å². The van der Waals surface area contributed by atoms with Crippen LogP contribution in [0.5, 0.6) is 0 Å². The van der Waals surface area contributed by atoms with Crippen molar-refractivity contribution in [3.05, 3.63) is 53.9 Å². The van der Waals surface area contributed by atoms with Crippen LogP contribution in [0, 0.1) is 11.8 Å². The summed E-state index contributed by atoms with van der Waals surface area (Å²) in [6.07, 6.45) is 9.21. The smallest absolute Gasteiger partial charge is 0.228 e. The molecule has 3 atom stereocenters. The number of benzene rings is 1. The van der Waals surface area contributed by atoms with E-state index in [1.54, 1.807) is 0 Å². The number of rotatable bonds is 3. The molecule has 3 aliphatic carbocycles. The molecule has 4 aliphatic rings. The number of aromatic nitrogens is 1. The van der Waals surface area contributed by atoms with Crippen molar-refractivity contribution in [2.45, 2.75) is 43.9 Å². The lowest BCUT2D eigenvalue weighted by atomic mass is 9.57. The predicted molar refractivity (Wildman–Crippen MR) is 103 cm³/mol. The van der Waals surface area contributed by atoms with Crippen molar-refractivity contribution in [3.63, 3.8) is 0 Å². The number of nitrogens with zero attached hydrogens (tertiary/aromatic N) is 1. The fraction of sp³-hybridized carbons (Fsp3) is 0.409. The molecule has 2 N–H and O–H groups in total. The van der Waals surface area contributed by atoms with Gasteiger partial charge in [0.05, 0.1) is 5.92 Å². The second-order valence-corrected chi connectivity index (χ2v) is 8.14. The van der Waals surface area contributed by atoms with E-state index in [2.05, 4.69) is 27.8 Å². The Labute approximate surface area is 158 Å². The van der Waals surface area contributed by atoms with Crippen molar-refractivity contribution >= 4 is 23.2 Å². The molecular formula is C22H23N3O2. The third-order valence-corrected chi connectivity index (χ3v) is 6.69. The molecule has 3 saturated carbocycles. The first kappa shape index (κ1) is 16.5. The van der Waals surface area contributed by atoms with Crippen LogP contribution in [-0.4, -0.2) is 16.8 Å². The van der Waals surface area contributed by atoms with E-state index in [0.717, 1.165) is 49.0 Å². The molecule has 6 rings (SSSR count). The Morgan fingerprint density at radius 2 is 2.04 bits per heavy atom. The molecule has 1 aromatic heterocycles. The predicted octanol–water partition coefficient (Wildman–Crippen LogP) is 3.66. The summed E-state index contributed by atoms with van der Waals surface area (Å²) in [6.45, 7) is 0. The van der Waals surface area contributed by atoms with E-state index in [0.29, 0.717) is 12.3 Å². The third kappa shape index (κ3) is 2.64. The molecule has 0 spiro atoms. The van der Waals surface area contributed by atoms with E-state index in [4.69, 9.17) is 0 Å². The molecule has 27 heavy (non-hydrogen) atoms. The highest BCUT2D eigenvalue weighted by Gasteiger charge is 2.62. The summed E-state index contributed by atoms with van der Waals surface area (Å²) in [6, 6.07) is 9.98. The highest BCUT2D eigenvalue weighted by atomic mass is 16.2. The molecule has 1 aliphatic heterocycles. The molecule has 2 bridgehead atoms. The van der Waals surface area contributed by atoms with E-state index in [1.165, 1.54) is 5.56 Å². The van der Waals surface area contributed by atoms with Crippen LogP contribution < -0.4 is 10.6 Å². The first-order valence-corrected chi connectivity index (χ1v) is 9.80. The largest absolute Gasteiger partial charge is 0.326 e. The van der Waals surface area contributed by atoms with E-state index < -0.39 is 0 Å². The summed E-state index contributed by atoms with van der Waals surface area (Å²) >= 11 is 0. The Bertz CT molecular complexity index is 907. The van der Waals surface area contributed by atoms with E-state index in [-0.39, 0.29) is 23.1 Å². The maximum Gasteiger partial charge on any atom is 0.228 e. The first-order valence-electron chi connectivity index (χ1n) is 9.80. The molecule has 3 fully saturated rings. The second-order valence-electron chi connectivity index (χ2n) is 8.14. The van der Waals surface area contributed by atoms with Gasteiger partial charge in [0.2, 0.25) is 11.8 Å². The zero-order chi connectivity index (χ0) is 18.4. The van der Waals surface area contributed by atoms with Gasteiger partial charge >= 0.3 is 0 Å². The fourth-order valence-electron chi connectivity index (χ4n) is 5.42. The van der Waals surface area contributed by atoms with Crippen LogP contribution in [0.3, 0.4) is 0 Å². The Kier molecular flexibility index (Phi) is 3.78. The average Bonchev–Trinajstić information content (AvgIpc) is 3.20. The summed E-state index contributed by atoms with van der Waals surface area (Å²) in [5.41, 5.74) is 3.93. The van der Waals surface area contributed by atoms with E-state index in [1.807, 2.05) is 30.6 Å². The summed E-state index contributed by atoms with van der Waals surface area (Å²) < 4.78 is 0. The number of carbonyl (C=O) groups excluding carboxylic acids is 2. The van der Waals surface area contributed by atoms with Crippen molar-refractivity contribution in [1.29, 1.82) is 0 Å².